The van der Waals surface area contributed by atoms with Gasteiger partial charge < -0.3 is 19.8 Å². The van der Waals surface area contributed by atoms with Gasteiger partial charge in [-0.3, -0.25) is 9.11 Å². The average Bonchev–Trinajstić information content (AvgIpc) is 3.68. The van der Waals surface area contributed by atoms with E-state index >= 15 is 0 Å². The van der Waals surface area contributed by atoms with Crippen molar-refractivity contribution in [1.29, 1.82) is 0 Å². The number of nitrogens with zero attached hydrogens (tertiary/aromatic N) is 8. The first-order valence-electron chi connectivity index (χ1n) is 12.6. The standard InChI is InChI=1S/C25H28FN9O3S/c1-39(36)14-13-37-17-4-5-20(19(26)15-17)33-9-6-32(7-10-33)8-11-34-23-18(16-28-34)24-29-22(21-3-2-12-38-21)31-35(24)25(27)30-23/h2-5,12,15-16H,6-11,13-14H2,1H3,(H2,27,30)/t39-/m1/s1. The number of halogens is 1. The van der Waals surface area contributed by atoms with Crippen LogP contribution in [0.25, 0.3) is 28.3 Å². The Labute approximate surface area is 225 Å². The molecule has 1 saturated heterocycles. The number of ether oxygens (including phenoxy) is 1. The molecule has 1 aromatic carbocycles. The van der Waals surface area contributed by atoms with Crippen molar-refractivity contribution in [3.8, 4) is 17.3 Å². The van der Waals surface area contributed by atoms with Gasteiger partial charge in [0, 0.05) is 55.8 Å². The van der Waals surface area contributed by atoms with Crippen LogP contribution in [0.4, 0.5) is 16.0 Å². The highest BCUT2D eigenvalue weighted by atomic mass is 32.2. The number of rotatable bonds is 9. The summed E-state index contributed by atoms with van der Waals surface area (Å²) in [5.41, 5.74) is 7.97. The molecule has 0 spiro atoms. The predicted octanol–water partition coefficient (Wildman–Crippen LogP) is 2.03. The van der Waals surface area contributed by atoms with E-state index in [1.54, 1.807) is 43.0 Å². The van der Waals surface area contributed by atoms with Gasteiger partial charge in [-0.25, -0.2) is 14.1 Å². The highest BCUT2D eigenvalue weighted by molar-refractivity contribution is 7.84. The van der Waals surface area contributed by atoms with Crippen molar-refractivity contribution >= 4 is 39.1 Å². The molecule has 1 fully saturated rings. The molecule has 0 amide bonds. The zero-order chi connectivity index (χ0) is 26.9. The van der Waals surface area contributed by atoms with E-state index in [2.05, 4.69) is 25.1 Å². The number of aromatic nitrogens is 6. The van der Waals surface area contributed by atoms with E-state index in [-0.39, 0.29) is 11.8 Å². The van der Waals surface area contributed by atoms with Crippen LogP contribution in [0.5, 0.6) is 5.75 Å². The minimum Gasteiger partial charge on any atom is -0.493 e. The van der Waals surface area contributed by atoms with Gasteiger partial charge in [-0.1, -0.05) is 0 Å². The second-order valence-electron chi connectivity index (χ2n) is 9.29. The monoisotopic (exact) mass is 553 g/mol. The summed E-state index contributed by atoms with van der Waals surface area (Å²) in [4.78, 5) is 13.5. The lowest BCUT2D eigenvalue weighted by atomic mass is 10.2. The van der Waals surface area contributed by atoms with E-state index in [9.17, 15) is 8.60 Å². The maximum atomic E-state index is 14.8. The number of piperazine rings is 1. The molecule has 0 aliphatic carbocycles. The zero-order valence-electron chi connectivity index (χ0n) is 21.4. The van der Waals surface area contributed by atoms with Crippen LogP contribution in [-0.2, 0) is 17.3 Å². The summed E-state index contributed by atoms with van der Waals surface area (Å²) in [6.45, 7) is 4.65. The Morgan fingerprint density at radius 3 is 2.72 bits per heavy atom. The highest BCUT2D eigenvalue weighted by Gasteiger charge is 2.21. The second-order valence-corrected chi connectivity index (χ2v) is 10.8. The smallest absolute Gasteiger partial charge is 0.225 e. The van der Waals surface area contributed by atoms with Crippen LogP contribution in [0.2, 0.25) is 0 Å². The van der Waals surface area contributed by atoms with E-state index in [4.69, 9.17) is 14.9 Å². The molecule has 5 aromatic rings. The molecule has 5 heterocycles. The summed E-state index contributed by atoms with van der Waals surface area (Å²) < 4.78 is 40.2. The molecule has 1 aliphatic rings. The summed E-state index contributed by atoms with van der Waals surface area (Å²) >= 11 is 0. The summed E-state index contributed by atoms with van der Waals surface area (Å²) in [5.74, 6) is 1.74. The van der Waals surface area contributed by atoms with E-state index in [1.807, 2.05) is 9.58 Å². The molecule has 0 unspecified atom stereocenters. The van der Waals surface area contributed by atoms with Gasteiger partial charge in [0.25, 0.3) is 0 Å². The second kappa shape index (κ2) is 10.6. The van der Waals surface area contributed by atoms with Gasteiger partial charge in [0.05, 0.1) is 42.4 Å². The zero-order valence-corrected chi connectivity index (χ0v) is 22.2. The molecule has 12 nitrogen and oxygen atoms in total. The van der Waals surface area contributed by atoms with Crippen LogP contribution in [-0.4, -0.2) is 89.8 Å². The van der Waals surface area contributed by atoms with E-state index < -0.39 is 10.8 Å². The normalized spacial score (nSPS) is 15.4. The SMILES string of the molecule is C[S@@](=O)CCOc1ccc(N2CCN(CCn3ncc4c3nc(N)n3nc(-c5ccco5)nc43)CC2)c(F)c1. The van der Waals surface area contributed by atoms with Gasteiger partial charge in [0.1, 0.15) is 11.6 Å². The Morgan fingerprint density at radius 1 is 1.13 bits per heavy atom. The Kier molecular flexibility index (Phi) is 6.87. The molecule has 1 aliphatic heterocycles. The first-order valence-corrected chi connectivity index (χ1v) is 14.3. The fraction of sp³-hybridized carbons (Fsp3) is 0.360. The van der Waals surface area contributed by atoms with Crippen molar-refractivity contribution in [2.75, 3.05) is 62.0 Å². The fourth-order valence-electron chi connectivity index (χ4n) is 4.69. The molecule has 0 bridgehead atoms. The fourth-order valence-corrected chi connectivity index (χ4v) is 5.01. The largest absolute Gasteiger partial charge is 0.493 e. The molecule has 14 heteroatoms. The third-order valence-electron chi connectivity index (χ3n) is 6.74. The average molecular weight is 554 g/mol. The summed E-state index contributed by atoms with van der Waals surface area (Å²) in [7, 11) is -0.942. The van der Waals surface area contributed by atoms with E-state index in [0.29, 0.717) is 66.3 Å². The molecule has 0 radical (unpaired) electrons. The summed E-state index contributed by atoms with van der Waals surface area (Å²) in [5, 5.41) is 9.71. The molecule has 6 rings (SSSR count). The molecule has 0 saturated carbocycles. The number of hydrogen-bond acceptors (Lipinski definition) is 10. The predicted molar refractivity (Wildman–Crippen MR) is 146 cm³/mol. The van der Waals surface area contributed by atoms with Crippen molar-refractivity contribution in [3.63, 3.8) is 0 Å². The number of hydrogen-bond donors (Lipinski definition) is 1. The van der Waals surface area contributed by atoms with Gasteiger partial charge in [-0.15, -0.1) is 5.10 Å². The molecule has 204 valence electrons. The van der Waals surface area contributed by atoms with Crippen LogP contribution < -0.4 is 15.4 Å². The van der Waals surface area contributed by atoms with Crippen LogP contribution in [0.15, 0.2) is 47.2 Å². The van der Waals surface area contributed by atoms with Gasteiger partial charge in [0.15, 0.2) is 17.1 Å². The van der Waals surface area contributed by atoms with Gasteiger partial charge in [-0.2, -0.15) is 14.6 Å². The maximum absolute atomic E-state index is 14.8. The number of furan rings is 1. The Balaban J connectivity index is 1.08. The molecular formula is C25H28FN9O3S. The lowest BCUT2D eigenvalue weighted by Gasteiger charge is -2.36. The summed E-state index contributed by atoms with van der Waals surface area (Å²) in [6, 6.07) is 8.47. The molecule has 39 heavy (non-hydrogen) atoms. The molecule has 4 aromatic heterocycles. The number of benzene rings is 1. The number of nitrogen functional groups attached to an aromatic ring is 1. The maximum Gasteiger partial charge on any atom is 0.225 e. The first kappa shape index (κ1) is 25.2. The van der Waals surface area contributed by atoms with Crippen molar-refractivity contribution in [3.05, 3.63) is 48.6 Å². The lowest BCUT2D eigenvalue weighted by molar-refractivity contribution is 0.245. The molecular weight excluding hydrogens is 525 g/mol. The van der Waals surface area contributed by atoms with Crippen LogP contribution in [0.1, 0.15) is 0 Å². The van der Waals surface area contributed by atoms with Crippen molar-refractivity contribution < 1.29 is 17.8 Å². The van der Waals surface area contributed by atoms with Crippen molar-refractivity contribution in [2.45, 2.75) is 6.54 Å². The van der Waals surface area contributed by atoms with E-state index in [0.717, 1.165) is 25.0 Å². The van der Waals surface area contributed by atoms with Crippen LogP contribution >= 0.6 is 0 Å². The third-order valence-corrected chi connectivity index (χ3v) is 7.48. The van der Waals surface area contributed by atoms with Gasteiger partial charge in [0.2, 0.25) is 11.8 Å². The summed E-state index contributed by atoms with van der Waals surface area (Å²) in [6.07, 6.45) is 4.91. The Hall–Kier alpha value is -4.04. The lowest BCUT2D eigenvalue weighted by Crippen LogP contribution is -2.47. The van der Waals surface area contributed by atoms with Gasteiger partial charge >= 0.3 is 0 Å². The minimum absolute atomic E-state index is 0.219. The highest BCUT2D eigenvalue weighted by Crippen LogP contribution is 2.26. The van der Waals surface area contributed by atoms with Gasteiger partial charge in [-0.05, 0) is 24.3 Å². The Morgan fingerprint density at radius 2 is 1.97 bits per heavy atom. The van der Waals surface area contributed by atoms with Crippen molar-refractivity contribution in [1.82, 2.24) is 34.3 Å². The molecule has 1 atom stereocenters. The van der Waals surface area contributed by atoms with E-state index in [1.165, 1.54) is 10.6 Å². The number of fused-ring (bicyclic) bond motifs is 3. The molecule has 2 N–H and O–H groups in total. The van der Waals surface area contributed by atoms with Crippen molar-refractivity contribution in [2.24, 2.45) is 0 Å². The third kappa shape index (κ3) is 5.16. The number of nitrogens with two attached hydrogens (primary N) is 1. The topological polar surface area (TPSA) is 133 Å². The number of anilines is 2. The minimum atomic E-state index is -0.942. The van der Waals surface area contributed by atoms with Crippen LogP contribution in [0, 0.1) is 5.82 Å². The first-order chi connectivity index (χ1) is 19.0. The Bertz CT molecular complexity index is 1630. The quantitative estimate of drug-likeness (QED) is 0.289. The van der Waals surface area contributed by atoms with Crippen LogP contribution in [0.3, 0.4) is 0 Å².